The smallest absolute Gasteiger partial charge is 0.263 e. The predicted molar refractivity (Wildman–Crippen MR) is 132 cm³/mol. The van der Waals surface area contributed by atoms with Crippen molar-refractivity contribution in [2.24, 2.45) is 0 Å². The second-order valence-corrected chi connectivity index (χ2v) is 8.24. The van der Waals surface area contributed by atoms with Crippen LogP contribution in [0, 0.1) is 0 Å². The molecule has 0 aliphatic carbocycles. The molecule has 0 spiro atoms. The normalized spacial score (nSPS) is 10.7. The van der Waals surface area contributed by atoms with Crippen molar-refractivity contribution in [1.82, 2.24) is 9.55 Å². The van der Waals surface area contributed by atoms with Crippen LogP contribution in [0.5, 0.6) is 11.5 Å². The minimum absolute atomic E-state index is 0.181. The van der Waals surface area contributed by atoms with Crippen molar-refractivity contribution in [2.75, 3.05) is 24.9 Å². The first kappa shape index (κ1) is 23.0. The number of ether oxygens (including phenoxy) is 2. The van der Waals surface area contributed by atoms with Crippen molar-refractivity contribution in [1.29, 1.82) is 0 Å². The van der Waals surface area contributed by atoms with E-state index in [2.05, 4.69) is 15.6 Å². The van der Waals surface area contributed by atoms with Gasteiger partial charge in [0.2, 0.25) is 11.8 Å². The van der Waals surface area contributed by atoms with Gasteiger partial charge in [0.1, 0.15) is 11.4 Å². The van der Waals surface area contributed by atoms with Crippen LogP contribution in [-0.2, 0) is 16.1 Å². The molecular weight excluding hydrogens is 456 g/mol. The highest BCUT2D eigenvalue weighted by molar-refractivity contribution is 7.17. The van der Waals surface area contributed by atoms with E-state index in [-0.39, 0.29) is 23.9 Å². The van der Waals surface area contributed by atoms with Crippen LogP contribution in [0.4, 0.5) is 11.4 Å². The molecule has 4 aromatic rings. The molecule has 2 heterocycles. The van der Waals surface area contributed by atoms with E-state index in [9.17, 15) is 14.4 Å². The average Bonchev–Trinajstić information content (AvgIpc) is 3.26. The number of hydrogen-bond donors (Lipinski definition) is 2. The lowest BCUT2D eigenvalue weighted by Gasteiger charge is -2.10. The quantitative estimate of drug-likeness (QED) is 0.419. The lowest BCUT2D eigenvalue weighted by molar-refractivity contribution is -0.117. The third-order valence-corrected chi connectivity index (χ3v) is 5.94. The van der Waals surface area contributed by atoms with Gasteiger partial charge < -0.3 is 20.1 Å². The highest BCUT2D eigenvalue weighted by atomic mass is 32.1. The molecule has 10 heteroatoms. The summed E-state index contributed by atoms with van der Waals surface area (Å²) < 4.78 is 12.0. The number of amides is 2. The molecule has 0 bridgehead atoms. The van der Waals surface area contributed by atoms with E-state index in [1.807, 2.05) is 11.4 Å². The number of fused-ring (bicyclic) bond motifs is 1. The van der Waals surface area contributed by atoms with Gasteiger partial charge in [-0.1, -0.05) is 6.07 Å². The van der Waals surface area contributed by atoms with E-state index in [1.54, 1.807) is 50.6 Å². The van der Waals surface area contributed by atoms with Crippen LogP contribution >= 0.6 is 11.3 Å². The summed E-state index contributed by atoms with van der Waals surface area (Å²) in [6.07, 6.45) is 1.37. The van der Waals surface area contributed by atoms with Gasteiger partial charge in [0.15, 0.2) is 11.5 Å². The summed E-state index contributed by atoms with van der Waals surface area (Å²) in [5.41, 5.74) is 2.34. The molecule has 4 rings (SSSR count). The first-order valence-electron chi connectivity index (χ1n) is 10.3. The number of aromatic nitrogens is 2. The van der Waals surface area contributed by atoms with Gasteiger partial charge >= 0.3 is 0 Å². The second kappa shape index (κ2) is 9.75. The predicted octanol–water partition coefficient (Wildman–Crippen LogP) is 3.74. The second-order valence-electron chi connectivity index (χ2n) is 7.38. The lowest BCUT2D eigenvalue weighted by Crippen LogP contribution is -2.27. The molecule has 0 saturated carbocycles. The van der Waals surface area contributed by atoms with E-state index in [0.717, 1.165) is 5.56 Å². The third-order valence-electron chi connectivity index (χ3n) is 5.06. The van der Waals surface area contributed by atoms with Crippen molar-refractivity contribution in [3.63, 3.8) is 0 Å². The number of thiophene rings is 1. The summed E-state index contributed by atoms with van der Waals surface area (Å²) >= 11 is 1.36. The number of nitrogens with zero attached hydrogens (tertiary/aromatic N) is 2. The molecule has 174 valence electrons. The number of hydrogen-bond acceptors (Lipinski definition) is 7. The standard InChI is InChI=1S/C24H22N4O5S/c1-14(29)26-16-5-7-17(8-6-16)27-21(30)11-28-13-25-23-22(24(28)31)18(12-34-23)15-4-9-19(32-2)20(10-15)33-3/h4-10,12-13H,11H2,1-3H3,(H,26,29)(H,27,30). The molecule has 2 aromatic carbocycles. The number of carbonyl (C=O) groups excluding carboxylic acids is 2. The van der Waals surface area contributed by atoms with Crippen LogP contribution in [0.3, 0.4) is 0 Å². The molecule has 0 unspecified atom stereocenters. The molecule has 9 nitrogen and oxygen atoms in total. The van der Waals surface area contributed by atoms with Crippen LogP contribution < -0.4 is 25.7 Å². The molecule has 0 aliphatic rings. The van der Waals surface area contributed by atoms with E-state index in [1.165, 1.54) is 29.2 Å². The van der Waals surface area contributed by atoms with Crippen LogP contribution in [-0.4, -0.2) is 35.6 Å². The molecule has 34 heavy (non-hydrogen) atoms. The Morgan fingerprint density at radius 3 is 2.32 bits per heavy atom. The maximum atomic E-state index is 13.3. The van der Waals surface area contributed by atoms with Crippen LogP contribution in [0.2, 0.25) is 0 Å². The Morgan fingerprint density at radius 1 is 1.00 bits per heavy atom. The van der Waals surface area contributed by atoms with Crippen molar-refractivity contribution in [2.45, 2.75) is 13.5 Å². The Morgan fingerprint density at radius 2 is 1.68 bits per heavy atom. The van der Waals surface area contributed by atoms with Gasteiger partial charge in [-0.3, -0.25) is 19.0 Å². The maximum Gasteiger partial charge on any atom is 0.263 e. The molecule has 2 amide bonds. The van der Waals surface area contributed by atoms with Gasteiger partial charge in [-0.05, 0) is 42.0 Å². The van der Waals surface area contributed by atoms with E-state index >= 15 is 0 Å². The topological polar surface area (TPSA) is 112 Å². The van der Waals surface area contributed by atoms with Crippen LogP contribution in [0.25, 0.3) is 21.3 Å². The summed E-state index contributed by atoms with van der Waals surface area (Å²) in [7, 11) is 3.11. The van der Waals surface area contributed by atoms with Crippen molar-refractivity contribution >= 4 is 44.7 Å². The molecule has 0 aliphatic heterocycles. The van der Waals surface area contributed by atoms with Gasteiger partial charge in [0.05, 0.1) is 25.9 Å². The minimum Gasteiger partial charge on any atom is -0.493 e. The number of rotatable bonds is 7. The zero-order valence-electron chi connectivity index (χ0n) is 18.7. The first-order valence-corrected chi connectivity index (χ1v) is 11.1. The highest BCUT2D eigenvalue weighted by Gasteiger charge is 2.16. The van der Waals surface area contributed by atoms with Crippen LogP contribution in [0.15, 0.2) is 59.0 Å². The number of methoxy groups -OCH3 is 2. The fourth-order valence-electron chi connectivity index (χ4n) is 3.49. The van der Waals surface area contributed by atoms with Crippen molar-refractivity contribution < 1.29 is 19.1 Å². The summed E-state index contributed by atoms with van der Waals surface area (Å²) in [6, 6.07) is 12.1. The fraction of sp³-hybridized carbons (Fsp3) is 0.167. The van der Waals surface area contributed by atoms with Gasteiger partial charge in [-0.15, -0.1) is 11.3 Å². The molecule has 2 aromatic heterocycles. The van der Waals surface area contributed by atoms with Gasteiger partial charge in [0.25, 0.3) is 5.56 Å². The van der Waals surface area contributed by atoms with Crippen molar-refractivity contribution in [3.8, 4) is 22.6 Å². The Balaban J connectivity index is 1.59. The summed E-state index contributed by atoms with van der Waals surface area (Å²) in [4.78, 5) is 41.9. The largest absolute Gasteiger partial charge is 0.493 e. The molecule has 0 fully saturated rings. The molecule has 0 atom stereocenters. The minimum atomic E-state index is -0.376. The molecule has 2 N–H and O–H groups in total. The summed E-state index contributed by atoms with van der Waals surface area (Å²) in [5, 5.41) is 7.71. The number of benzene rings is 2. The highest BCUT2D eigenvalue weighted by Crippen LogP contribution is 2.36. The number of carbonyl (C=O) groups is 2. The molecule has 0 radical (unpaired) electrons. The van der Waals surface area contributed by atoms with Crippen molar-refractivity contribution in [3.05, 3.63) is 64.5 Å². The first-order chi connectivity index (χ1) is 16.4. The fourth-order valence-corrected chi connectivity index (χ4v) is 4.40. The summed E-state index contributed by atoms with van der Waals surface area (Å²) in [6.45, 7) is 1.22. The SMILES string of the molecule is COc1ccc(-c2csc3ncn(CC(=O)Nc4ccc(NC(C)=O)cc4)c(=O)c23)cc1OC. The van der Waals surface area contributed by atoms with Gasteiger partial charge in [0, 0.05) is 29.2 Å². The molecular formula is C24H22N4O5S. The number of anilines is 2. The summed E-state index contributed by atoms with van der Waals surface area (Å²) in [5.74, 6) is 0.578. The Labute approximate surface area is 199 Å². The monoisotopic (exact) mass is 478 g/mol. The zero-order chi connectivity index (χ0) is 24.2. The van der Waals surface area contributed by atoms with Gasteiger partial charge in [-0.2, -0.15) is 0 Å². The Hall–Kier alpha value is -4.18. The van der Waals surface area contributed by atoms with E-state index in [4.69, 9.17) is 9.47 Å². The average molecular weight is 479 g/mol. The van der Waals surface area contributed by atoms with Gasteiger partial charge in [-0.25, -0.2) is 4.98 Å². The molecule has 0 saturated heterocycles. The van der Waals surface area contributed by atoms with E-state index < -0.39 is 0 Å². The zero-order valence-corrected chi connectivity index (χ0v) is 19.6. The third kappa shape index (κ3) is 4.76. The Kier molecular flexibility index (Phi) is 6.60. The lowest BCUT2D eigenvalue weighted by atomic mass is 10.1. The van der Waals surface area contributed by atoms with E-state index in [0.29, 0.717) is 38.7 Å². The van der Waals surface area contributed by atoms with Crippen LogP contribution in [0.1, 0.15) is 6.92 Å². The maximum absolute atomic E-state index is 13.3. The number of nitrogens with one attached hydrogen (secondary N) is 2. The Bertz CT molecular complexity index is 1430.